The lowest BCUT2D eigenvalue weighted by atomic mass is 10.1. The minimum absolute atomic E-state index is 0.00236. The molecule has 0 spiro atoms. The maximum absolute atomic E-state index is 13.8. The van der Waals surface area contributed by atoms with Crippen LogP contribution < -0.4 is 15.1 Å². The van der Waals surface area contributed by atoms with Gasteiger partial charge in [0.1, 0.15) is 0 Å². The number of amides is 2. The molecule has 4 aromatic carbocycles. The lowest BCUT2D eigenvalue weighted by Crippen LogP contribution is -2.30. The number of hydrogen-bond donors (Lipinski definition) is 3. The van der Waals surface area contributed by atoms with Crippen molar-refractivity contribution in [3.05, 3.63) is 130 Å². The first-order valence-electron chi connectivity index (χ1n) is 13.3. The Balaban J connectivity index is 1.31. The number of carbonyl (C=O) groups excluding carboxylic acids is 3. The van der Waals surface area contributed by atoms with Gasteiger partial charge in [0.2, 0.25) is 21.6 Å². The zero-order valence-electron chi connectivity index (χ0n) is 23.0. The monoisotopic (exact) mass is 643 g/mol. The van der Waals surface area contributed by atoms with E-state index in [1.807, 2.05) is 0 Å². The van der Waals surface area contributed by atoms with Crippen LogP contribution in [0, 0.1) is 0 Å². The molecule has 6 rings (SSSR count). The number of fused-ring (bicyclic) bond motifs is 2. The second kappa shape index (κ2) is 11.5. The molecular formula is C32H22ClN3O8S. The molecule has 1 aliphatic rings. The number of carbonyl (C=O) groups is 3. The van der Waals surface area contributed by atoms with E-state index in [4.69, 9.17) is 16.4 Å². The third-order valence-corrected chi connectivity index (χ3v) is 9.13. The number of sulfone groups is 1. The lowest BCUT2D eigenvalue weighted by molar-refractivity contribution is 0.0381. The van der Waals surface area contributed by atoms with Crippen molar-refractivity contribution < 1.29 is 37.9 Å². The predicted molar refractivity (Wildman–Crippen MR) is 163 cm³/mol. The van der Waals surface area contributed by atoms with Gasteiger partial charge >= 0.3 is 5.97 Å². The fourth-order valence-electron chi connectivity index (χ4n) is 4.85. The number of rotatable bonds is 6. The van der Waals surface area contributed by atoms with Crippen molar-refractivity contribution in [2.24, 2.45) is 0 Å². The van der Waals surface area contributed by atoms with Gasteiger partial charge in [0, 0.05) is 28.4 Å². The maximum Gasteiger partial charge on any atom is 0.363 e. The summed E-state index contributed by atoms with van der Waals surface area (Å²) in [5.74, 6) is -3.00. The third kappa shape index (κ3) is 5.59. The van der Waals surface area contributed by atoms with E-state index in [9.17, 15) is 33.0 Å². The Morgan fingerprint density at radius 2 is 1.49 bits per heavy atom. The first-order chi connectivity index (χ1) is 21.5. The van der Waals surface area contributed by atoms with E-state index < -0.39 is 39.4 Å². The summed E-state index contributed by atoms with van der Waals surface area (Å²) in [6.07, 6.45) is 0. The predicted octanol–water partition coefficient (Wildman–Crippen LogP) is 5.07. The molecule has 1 aliphatic heterocycles. The number of halogens is 1. The molecule has 13 heteroatoms. The number of hydrogen-bond acceptors (Lipinski definition) is 8. The molecule has 0 saturated carbocycles. The summed E-state index contributed by atoms with van der Waals surface area (Å²) in [7, 11) is -4.14. The summed E-state index contributed by atoms with van der Waals surface area (Å²) in [6, 6.07) is 24.6. The van der Waals surface area contributed by atoms with E-state index in [1.54, 1.807) is 30.3 Å². The summed E-state index contributed by atoms with van der Waals surface area (Å²) in [6.45, 7) is -0.0164. The summed E-state index contributed by atoms with van der Waals surface area (Å²) in [5, 5.41) is 22.5. The minimum atomic E-state index is -4.14. The van der Waals surface area contributed by atoms with Gasteiger partial charge in [-0.15, -0.1) is 4.73 Å². The summed E-state index contributed by atoms with van der Waals surface area (Å²) >= 11 is 6.17. The highest BCUT2D eigenvalue weighted by atomic mass is 35.5. The Kier molecular flexibility index (Phi) is 7.52. The largest absolute Gasteiger partial charge is 0.492 e. The van der Waals surface area contributed by atoms with Gasteiger partial charge in [-0.2, -0.15) is 0 Å². The van der Waals surface area contributed by atoms with Gasteiger partial charge < -0.3 is 25.3 Å². The molecule has 3 N–H and O–H groups in total. The van der Waals surface area contributed by atoms with Gasteiger partial charge in [0.15, 0.2) is 0 Å². The fourth-order valence-corrected chi connectivity index (χ4v) is 6.69. The van der Waals surface area contributed by atoms with Crippen LogP contribution in [-0.2, 0) is 16.4 Å². The zero-order valence-corrected chi connectivity index (χ0v) is 24.6. The minimum Gasteiger partial charge on any atom is -0.492 e. The van der Waals surface area contributed by atoms with Crippen molar-refractivity contribution in [1.82, 2.24) is 4.73 Å². The first kappa shape index (κ1) is 29.5. The molecule has 1 aromatic heterocycles. The van der Waals surface area contributed by atoms with E-state index in [2.05, 4.69) is 5.32 Å². The Morgan fingerprint density at radius 1 is 0.800 bits per heavy atom. The molecule has 2 amide bonds. The van der Waals surface area contributed by atoms with Crippen LogP contribution in [0.4, 0.5) is 11.4 Å². The SMILES string of the molecule is O=C(Nc1ccc(C(=O)On2c(O)ccc2O)cc1)c1ccc2c(c1)N(Cc1cccc(Cl)c1)C(=O)c1ccccc1S2(=O)=O. The number of aromatic hydroxyl groups is 2. The zero-order chi connectivity index (χ0) is 31.9. The molecule has 45 heavy (non-hydrogen) atoms. The van der Waals surface area contributed by atoms with Crippen LogP contribution in [0.2, 0.25) is 5.02 Å². The van der Waals surface area contributed by atoms with Crippen molar-refractivity contribution in [2.75, 3.05) is 10.2 Å². The van der Waals surface area contributed by atoms with Crippen LogP contribution >= 0.6 is 11.6 Å². The van der Waals surface area contributed by atoms with E-state index in [1.165, 1.54) is 65.6 Å². The maximum atomic E-state index is 13.8. The van der Waals surface area contributed by atoms with Crippen LogP contribution in [0.25, 0.3) is 0 Å². The van der Waals surface area contributed by atoms with Crippen LogP contribution in [0.1, 0.15) is 36.6 Å². The molecule has 0 bridgehead atoms. The van der Waals surface area contributed by atoms with Gasteiger partial charge in [-0.1, -0.05) is 35.9 Å². The molecule has 0 atom stereocenters. The summed E-state index contributed by atoms with van der Waals surface area (Å²) in [5.41, 5.74) is 1.10. The molecular weight excluding hydrogens is 622 g/mol. The summed E-state index contributed by atoms with van der Waals surface area (Å²) in [4.78, 5) is 45.6. The highest BCUT2D eigenvalue weighted by Gasteiger charge is 2.36. The van der Waals surface area contributed by atoms with E-state index in [0.717, 1.165) is 12.1 Å². The molecule has 0 aliphatic carbocycles. The number of aromatic nitrogens is 1. The molecule has 0 unspecified atom stereocenters. The van der Waals surface area contributed by atoms with E-state index in [-0.39, 0.29) is 38.7 Å². The van der Waals surface area contributed by atoms with Crippen molar-refractivity contribution in [3.63, 3.8) is 0 Å². The van der Waals surface area contributed by atoms with Gasteiger partial charge in [-0.25, -0.2) is 13.2 Å². The van der Waals surface area contributed by atoms with Gasteiger partial charge in [-0.3, -0.25) is 9.59 Å². The molecule has 0 fully saturated rings. The Labute approximate surface area is 261 Å². The summed E-state index contributed by atoms with van der Waals surface area (Å²) < 4.78 is 28.0. The highest BCUT2D eigenvalue weighted by molar-refractivity contribution is 7.91. The smallest absolute Gasteiger partial charge is 0.363 e. The normalized spacial score (nSPS) is 13.4. The second-order valence-corrected chi connectivity index (χ2v) is 12.3. The average molecular weight is 644 g/mol. The van der Waals surface area contributed by atoms with Gasteiger partial charge in [0.05, 0.1) is 33.2 Å². The lowest BCUT2D eigenvalue weighted by Gasteiger charge is -2.23. The number of nitrogens with one attached hydrogen (secondary N) is 1. The Bertz CT molecular complexity index is 2090. The second-order valence-electron chi connectivity index (χ2n) is 9.96. The molecule has 11 nitrogen and oxygen atoms in total. The van der Waals surface area contributed by atoms with Crippen LogP contribution in [0.3, 0.4) is 0 Å². The van der Waals surface area contributed by atoms with E-state index in [0.29, 0.717) is 21.0 Å². The first-order valence-corrected chi connectivity index (χ1v) is 15.2. The fraction of sp³-hybridized carbons (Fsp3) is 0.0312. The number of benzene rings is 4. The van der Waals surface area contributed by atoms with Crippen LogP contribution in [0.15, 0.2) is 113 Å². The van der Waals surface area contributed by atoms with Crippen molar-refractivity contribution in [3.8, 4) is 11.8 Å². The van der Waals surface area contributed by atoms with Crippen LogP contribution in [-0.4, -0.2) is 41.1 Å². The molecule has 226 valence electrons. The molecule has 2 heterocycles. The Hall–Kier alpha value is -5.59. The van der Waals surface area contributed by atoms with Crippen molar-refractivity contribution in [1.29, 1.82) is 0 Å². The molecule has 5 aromatic rings. The molecule has 0 saturated heterocycles. The molecule has 0 radical (unpaired) electrons. The van der Waals surface area contributed by atoms with Crippen molar-refractivity contribution >= 4 is 50.6 Å². The van der Waals surface area contributed by atoms with Crippen LogP contribution in [0.5, 0.6) is 11.8 Å². The van der Waals surface area contributed by atoms with Gasteiger partial charge in [-0.05, 0) is 72.3 Å². The van der Waals surface area contributed by atoms with Gasteiger partial charge in [0.25, 0.3) is 11.8 Å². The quantitative estimate of drug-likeness (QED) is 0.232. The third-order valence-electron chi connectivity index (χ3n) is 7.03. The highest BCUT2D eigenvalue weighted by Crippen LogP contribution is 2.38. The van der Waals surface area contributed by atoms with Crippen molar-refractivity contribution in [2.45, 2.75) is 16.3 Å². The van der Waals surface area contributed by atoms with E-state index >= 15 is 0 Å². The Morgan fingerprint density at radius 3 is 2.20 bits per heavy atom. The number of anilines is 2. The average Bonchev–Trinajstić information content (AvgIpc) is 3.32. The number of nitrogens with zero attached hydrogens (tertiary/aromatic N) is 2. The topological polar surface area (TPSA) is 155 Å². The standard InChI is InChI=1S/C32H22ClN3O8S/c33-22-5-3-4-19(16-22)18-35-25-17-21(10-13-27(25)45(42,43)26-7-2-1-6-24(26)31(35)40)30(39)34-23-11-8-20(9-12-23)32(41)44-36-28(37)14-15-29(36)38/h1-17,37-38H,18H2,(H,34,39).